The van der Waals surface area contributed by atoms with Crippen molar-refractivity contribution in [1.29, 1.82) is 0 Å². The van der Waals surface area contributed by atoms with Crippen LogP contribution in [0.2, 0.25) is 0 Å². The lowest BCUT2D eigenvalue weighted by Gasteiger charge is -2.36. The van der Waals surface area contributed by atoms with Gasteiger partial charge in [0.05, 0.1) is 0 Å². The van der Waals surface area contributed by atoms with Gasteiger partial charge in [-0.3, -0.25) is 10.1 Å². The van der Waals surface area contributed by atoms with Crippen LogP contribution in [-0.4, -0.2) is 24.0 Å². The third kappa shape index (κ3) is 1.61. The zero-order valence-corrected chi connectivity index (χ0v) is 8.71. The third-order valence-electron chi connectivity index (χ3n) is 3.59. The van der Waals surface area contributed by atoms with Crippen LogP contribution >= 0.6 is 0 Å². The summed E-state index contributed by atoms with van der Waals surface area (Å²) >= 11 is 0. The van der Waals surface area contributed by atoms with Crippen LogP contribution in [0.5, 0.6) is 0 Å². The molecule has 2 fully saturated rings. The quantitative estimate of drug-likeness (QED) is 0.566. The lowest BCUT2D eigenvalue weighted by Crippen LogP contribution is -2.58. The molecule has 3 amide bonds. The van der Waals surface area contributed by atoms with Crippen LogP contribution in [0.15, 0.2) is 0 Å². The van der Waals surface area contributed by atoms with E-state index >= 15 is 0 Å². The Morgan fingerprint density at radius 3 is 2.40 bits per heavy atom. The van der Waals surface area contributed by atoms with Gasteiger partial charge in [0.15, 0.2) is 0 Å². The molecule has 0 spiro atoms. The zero-order chi connectivity index (χ0) is 10.9. The van der Waals surface area contributed by atoms with E-state index in [1.807, 2.05) is 0 Å². The van der Waals surface area contributed by atoms with E-state index in [2.05, 4.69) is 10.6 Å². The Kier molecular flexibility index (Phi) is 2.65. The first-order chi connectivity index (χ1) is 7.19. The third-order valence-corrected chi connectivity index (χ3v) is 3.59. The molecule has 1 atom stereocenters. The van der Waals surface area contributed by atoms with Crippen LogP contribution in [0.25, 0.3) is 0 Å². The van der Waals surface area contributed by atoms with Gasteiger partial charge >= 0.3 is 6.03 Å². The molecule has 1 saturated heterocycles. The summed E-state index contributed by atoms with van der Waals surface area (Å²) in [5.41, 5.74) is 4.84. The second-order valence-electron chi connectivity index (χ2n) is 4.42. The van der Waals surface area contributed by atoms with E-state index in [1.165, 1.54) is 6.42 Å². The lowest BCUT2D eigenvalue weighted by atomic mass is 9.74. The molecule has 1 aliphatic carbocycles. The van der Waals surface area contributed by atoms with Crippen molar-refractivity contribution in [1.82, 2.24) is 10.6 Å². The van der Waals surface area contributed by atoms with Gasteiger partial charge in [-0.05, 0) is 18.8 Å². The Bertz CT molecular complexity index is 286. The van der Waals surface area contributed by atoms with Crippen molar-refractivity contribution in [3.63, 3.8) is 0 Å². The SMILES string of the molecule is NCC1(C2CCCCC2)NC(=O)NC1=O. The highest BCUT2D eigenvalue weighted by atomic mass is 16.2. The molecule has 1 unspecified atom stereocenters. The number of urea groups is 1. The van der Waals surface area contributed by atoms with Crippen LogP contribution in [0.1, 0.15) is 32.1 Å². The molecule has 1 saturated carbocycles. The van der Waals surface area contributed by atoms with Gasteiger partial charge in [0.25, 0.3) is 5.91 Å². The number of hydrogen-bond donors (Lipinski definition) is 3. The maximum absolute atomic E-state index is 11.8. The van der Waals surface area contributed by atoms with Crippen molar-refractivity contribution >= 4 is 11.9 Å². The Hall–Kier alpha value is -1.10. The van der Waals surface area contributed by atoms with Crippen LogP contribution in [0.4, 0.5) is 4.79 Å². The van der Waals surface area contributed by atoms with Gasteiger partial charge in [-0.2, -0.15) is 0 Å². The number of nitrogens with two attached hydrogens (primary N) is 1. The lowest BCUT2D eigenvalue weighted by molar-refractivity contribution is -0.126. The monoisotopic (exact) mass is 211 g/mol. The van der Waals surface area contributed by atoms with Gasteiger partial charge in [0.1, 0.15) is 5.54 Å². The number of rotatable bonds is 2. The summed E-state index contributed by atoms with van der Waals surface area (Å²) in [6.45, 7) is 0.190. The van der Waals surface area contributed by atoms with E-state index in [0.717, 1.165) is 25.7 Å². The van der Waals surface area contributed by atoms with Crippen molar-refractivity contribution < 1.29 is 9.59 Å². The minimum atomic E-state index is -0.836. The molecule has 2 rings (SSSR count). The summed E-state index contributed by atoms with van der Waals surface area (Å²) in [6.07, 6.45) is 5.41. The maximum Gasteiger partial charge on any atom is 0.322 e. The molecule has 15 heavy (non-hydrogen) atoms. The van der Waals surface area contributed by atoms with E-state index in [4.69, 9.17) is 5.73 Å². The molecule has 0 bridgehead atoms. The number of carbonyl (C=O) groups excluding carboxylic acids is 2. The Morgan fingerprint density at radius 2 is 1.93 bits per heavy atom. The van der Waals surface area contributed by atoms with E-state index in [9.17, 15) is 9.59 Å². The van der Waals surface area contributed by atoms with Crippen LogP contribution in [0, 0.1) is 5.92 Å². The van der Waals surface area contributed by atoms with Gasteiger partial charge in [-0.25, -0.2) is 4.79 Å². The van der Waals surface area contributed by atoms with Crippen LogP contribution in [0.3, 0.4) is 0 Å². The molecule has 5 heteroatoms. The number of amides is 3. The molecular weight excluding hydrogens is 194 g/mol. The summed E-state index contributed by atoms with van der Waals surface area (Å²) in [5.74, 6) is -0.0513. The second-order valence-corrected chi connectivity index (χ2v) is 4.42. The average Bonchev–Trinajstić information content (AvgIpc) is 2.56. The molecule has 5 nitrogen and oxygen atoms in total. The molecule has 84 valence electrons. The van der Waals surface area contributed by atoms with Gasteiger partial charge in [0, 0.05) is 6.54 Å². The Morgan fingerprint density at radius 1 is 1.27 bits per heavy atom. The predicted molar refractivity (Wildman–Crippen MR) is 55.0 cm³/mol. The summed E-state index contributed by atoms with van der Waals surface area (Å²) in [5, 5.41) is 5.00. The van der Waals surface area contributed by atoms with Crippen LogP contribution in [-0.2, 0) is 4.79 Å². The van der Waals surface area contributed by atoms with Crippen molar-refractivity contribution in [2.24, 2.45) is 11.7 Å². The molecule has 0 aromatic carbocycles. The van der Waals surface area contributed by atoms with Gasteiger partial charge in [0.2, 0.25) is 0 Å². The number of carbonyl (C=O) groups is 2. The molecule has 2 aliphatic rings. The standard InChI is InChI=1S/C10H17N3O2/c11-6-10(7-4-2-1-3-5-7)8(14)12-9(15)13-10/h7H,1-6,11H2,(H2,12,13,14,15). The van der Waals surface area contributed by atoms with Gasteiger partial charge in [-0.15, -0.1) is 0 Å². The minimum Gasteiger partial charge on any atom is -0.328 e. The molecule has 0 aromatic heterocycles. The first-order valence-electron chi connectivity index (χ1n) is 5.53. The number of imide groups is 1. The highest BCUT2D eigenvalue weighted by Crippen LogP contribution is 2.33. The summed E-state index contributed by atoms with van der Waals surface area (Å²) in [6, 6.07) is -0.406. The molecule has 1 heterocycles. The fourth-order valence-electron chi connectivity index (χ4n) is 2.70. The summed E-state index contributed by atoms with van der Waals surface area (Å²) in [7, 11) is 0. The van der Waals surface area contributed by atoms with Gasteiger partial charge in [-0.1, -0.05) is 19.3 Å². The van der Waals surface area contributed by atoms with Crippen molar-refractivity contribution in [3.8, 4) is 0 Å². The second kappa shape index (κ2) is 3.81. The van der Waals surface area contributed by atoms with Crippen molar-refractivity contribution in [2.75, 3.05) is 6.54 Å². The maximum atomic E-state index is 11.8. The first kappa shape index (κ1) is 10.4. The number of hydrogen-bond acceptors (Lipinski definition) is 3. The predicted octanol–water partition coefficient (Wildman–Crippen LogP) is 0.104. The number of nitrogens with one attached hydrogen (secondary N) is 2. The van der Waals surface area contributed by atoms with E-state index < -0.39 is 11.6 Å². The molecule has 1 aliphatic heterocycles. The fraction of sp³-hybridized carbons (Fsp3) is 0.800. The van der Waals surface area contributed by atoms with Gasteiger partial charge < -0.3 is 11.1 Å². The molecule has 4 N–H and O–H groups in total. The topological polar surface area (TPSA) is 84.2 Å². The van der Waals surface area contributed by atoms with Crippen molar-refractivity contribution in [2.45, 2.75) is 37.6 Å². The van der Waals surface area contributed by atoms with E-state index in [0.29, 0.717) is 0 Å². The zero-order valence-electron chi connectivity index (χ0n) is 8.71. The minimum absolute atomic E-state index is 0.190. The van der Waals surface area contributed by atoms with E-state index in [1.54, 1.807) is 0 Å². The average molecular weight is 211 g/mol. The fourth-order valence-corrected chi connectivity index (χ4v) is 2.70. The first-order valence-corrected chi connectivity index (χ1v) is 5.53. The highest BCUT2D eigenvalue weighted by Gasteiger charge is 2.50. The summed E-state index contributed by atoms with van der Waals surface area (Å²) in [4.78, 5) is 22.9. The summed E-state index contributed by atoms with van der Waals surface area (Å²) < 4.78 is 0. The largest absolute Gasteiger partial charge is 0.328 e. The van der Waals surface area contributed by atoms with Crippen molar-refractivity contribution in [3.05, 3.63) is 0 Å². The normalized spacial score (nSPS) is 32.6. The Balaban J connectivity index is 2.20. The molecule has 0 aromatic rings. The van der Waals surface area contributed by atoms with E-state index in [-0.39, 0.29) is 18.4 Å². The smallest absolute Gasteiger partial charge is 0.322 e. The van der Waals surface area contributed by atoms with Crippen LogP contribution < -0.4 is 16.4 Å². The highest BCUT2D eigenvalue weighted by molar-refractivity contribution is 6.07. The molecular formula is C10H17N3O2. The molecule has 0 radical (unpaired) electrons. The Labute approximate surface area is 88.8 Å².